The molecular formula is C16H12Cl3N3O2. The second-order valence-corrected chi connectivity index (χ2v) is 6.56. The number of carboxylic acid groups (broad SMARTS) is 1. The van der Waals surface area contributed by atoms with Gasteiger partial charge in [0, 0.05) is 18.5 Å². The van der Waals surface area contributed by atoms with E-state index in [0.717, 1.165) is 11.1 Å². The van der Waals surface area contributed by atoms with Crippen molar-refractivity contribution in [1.82, 2.24) is 14.5 Å². The quantitative estimate of drug-likeness (QED) is 0.674. The molecule has 8 heteroatoms. The third-order valence-electron chi connectivity index (χ3n) is 3.83. The van der Waals surface area contributed by atoms with Crippen LogP contribution in [0.2, 0.25) is 15.2 Å². The molecular weight excluding hydrogens is 373 g/mol. The normalized spacial score (nSPS) is 11.2. The maximum Gasteiger partial charge on any atom is 0.337 e. The van der Waals surface area contributed by atoms with Crippen molar-refractivity contribution in [2.24, 2.45) is 7.05 Å². The van der Waals surface area contributed by atoms with Crippen molar-refractivity contribution < 1.29 is 9.90 Å². The largest absolute Gasteiger partial charge is 0.478 e. The topological polar surface area (TPSA) is 68.0 Å². The fourth-order valence-electron chi connectivity index (χ4n) is 2.55. The fourth-order valence-corrected chi connectivity index (χ4v) is 3.38. The highest BCUT2D eigenvalue weighted by atomic mass is 35.5. The smallest absolute Gasteiger partial charge is 0.337 e. The van der Waals surface area contributed by atoms with Crippen molar-refractivity contribution in [2.45, 2.75) is 13.3 Å². The van der Waals surface area contributed by atoms with Crippen molar-refractivity contribution in [3.05, 3.63) is 55.9 Å². The number of hydrogen-bond acceptors (Lipinski definition) is 3. The summed E-state index contributed by atoms with van der Waals surface area (Å²) in [5.74, 6) is -0.443. The number of aromatic nitrogens is 3. The van der Waals surface area contributed by atoms with Gasteiger partial charge >= 0.3 is 5.97 Å². The SMILES string of the molecule is Cc1cc(Cl)nc2c1nc(Cc1c(Cl)ccc(C(=O)O)c1Cl)n2C. The van der Waals surface area contributed by atoms with E-state index in [2.05, 4.69) is 9.97 Å². The number of nitrogens with zero attached hydrogens (tertiary/aromatic N) is 3. The van der Waals surface area contributed by atoms with Gasteiger partial charge in [0.25, 0.3) is 0 Å². The summed E-state index contributed by atoms with van der Waals surface area (Å²) >= 11 is 18.5. The molecule has 3 aromatic rings. The highest BCUT2D eigenvalue weighted by Gasteiger charge is 2.19. The number of imidazole rings is 1. The van der Waals surface area contributed by atoms with Gasteiger partial charge in [0.15, 0.2) is 5.65 Å². The first-order valence-corrected chi connectivity index (χ1v) is 8.11. The Morgan fingerprint density at radius 1 is 1.25 bits per heavy atom. The predicted molar refractivity (Wildman–Crippen MR) is 94.5 cm³/mol. The van der Waals surface area contributed by atoms with Crippen LogP contribution in [0.15, 0.2) is 18.2 Å². The van der Waals surface area contributed by atoms with Crippen LogP contribution >= 0.6 is 34.8 Å². The van der Waals surface area contributed by atoms with Crippen molar-refractivity contribution >= 4 is 51.9 Å². The molecule has 0 aliphatic rings. The summed E-state index contributed by atoms with van der Waals surface area (Å²) in [4.78, 5) is 20.1. The molecule has 0 unspecified atom stereocenters. The molecule has 5 nitrogen and oxygen atoms in total. The molecule has 0 bridgehead atoms. The van der Waals surface area contributed by atoms with Crippen LogP contribution in [-0.4, -0.2) is 25.6 Å². The highest BCUT2D eigenvalue weighted by Crippen LogP contribution is 2.31. The molecule has 2 heterocycles. The number of pyridine rings is 1. The van der Waals surface area contributed by atoms with E-state index in [9.17, 15) is 9.90 Å². The Bertz CT molecular complexity index is 983. The van der Waals surface area contributed by atoms with Gasteiger partial charge in [-0.15, -0.1) is 0 Å². The summed E-state index contributed by atoms with van der Waals surface area (Å²) in [7, 11) is 1.82. The third kappa shape index (κ3) is 2.83. The first-order chi connectivity index (χ1) is 11.3. The lowest BCUT2D eigenvalue weighted by molar-refractivity contribution is 0.0697. The number of benzene rings is 1. The Balaban J connectivity index is 2.14. The van der Waals surface area contributed by atoms with Crippen LogP contribution in [0, 0.1) is 6.92 Å². The monoisotopic (exact) mass is 383 g/mol. The minimum absolute atomic E-state index is 0.00665. The van der Waals surface area contributed by atoms with Gasteiger partial charge in [-0.1, -0.05) is 34.8 Å². The van der Waals surface area contributed by atoms with E-state index in [-0.39, 0.29) is 17.0 Å². The Morgan fingerprint density at radius 2 is 1.96 bits per heavy atom. The average Bonchev–Trinajstić information content (AvgIpc) is 2.80. The molecule has 0 aliphatic carbocycles. The summed E-state index contributed by atoms with van der Waals surface area (Å²) in [5, 5.41) is 10.1. The molecule has 124 valence electrons. The standard InChI is InChI=1S/C16H12Cl3N3O2/c1-7-5-11(18)20-15-14(7)21-12(22(15)2)6-9-10(17)4-3-8(13(9)19)16(23)24/h3-5H,6H2,1-2H3,(H,23,24). The molecule has 0 atom stereocenters. The number of aromatic carboxylic acids is 1. The van der Waals surface area contributed by atoms with Crippen LogP contribution < -0.4 is 0 Å². The maximum atomic E-state index is 11.3. The maximum absolute atomic E-state index is 11.3. The number of rotatable bonds is 3. The Labute approximate surface area is 152 Å². The van der Waals surface area contributed by atoms with Crippen LogP contribution in [0.25, 0.3) is 11.2 Å². The fraction of sp³-hybridized carbons (Fsp3) is 0.188. The van der Waals surface area contributed by atoms with Crippen LogP contribution in [-0.2, 0) is 13.5 Å². The predicted octanol–water partition coefficient (Wildman–Crippen LogP) is 4.53. The summed E-state index contributed by atoms with van der Waals surface area (Å²) < 4.78 is 1.80. The van der Waals surface area contributed by atoms with Gasteiger partial charge in [-0.05, 0) is 36.2 Å². The molecule has 0 radical (unpaired) electrons. The number of aryl methyl sites for hydroxylation is 2. The van der Waals surface area contributed by atoms with Crippen molar-refractivity contribution in [1.29, 1.82) is 0 Å². The molecule has 0 saturated heterocycles. The lowest BCUT2D eigenvalue weighted by atomic mass is 10.1. The average molecular weight is 385 g/mol. The number of carboxylic acids is 1. The molecule has 3 rings (SSSR count). The summed E-state index contributed by atoms with van der Waals surface area (Å²) in [6, 6.07) is 4.65. The summed E-state index contributed by atoms with van der Waals surface area (Å²) in [5.41, 5.74) is 2.81. The molecule has 0 fully saturated rings. The Hall–Kier alpha value is -1.82. The Morgan fingerprint density at radius 3 is 2.62 bits per heavy atom. The van der Waals surface area contributed by atoms with E-state index in [1.54, 1.807) is 10.6 Å². The number of carbonyl (C=O) groups is 1. The highest BCUT2D eigenvalue weighted by molar-refractivity contribution is 6.38. The zero-order valence-electron chi connectivity index (χ0n) is 12.8. The van der Waals surface area contributed by atoms with E-state index in [1.807, 2.05) is 14.0 Å². The molecule has 1 N–H and O–H groups in total. The second-order valence-electron chi connectivity index (χ2n) is 5.39. The molecule has 1 aromatic carbocycles. The van der Waals surface area contributed by atoms with Gasteiger partial charge in [-0.25, -0.2) is 14.8 Å². The van der Waals surface area contributed by atoms with Gasteiger partial charge in [-0.2, -0.15) is 0 Å². The van der Waals surface area contributed by atoms with Crippen LogP contribution in [0.4, 0.5) is 0 Å². The van der Waals surface area contributed by atoms with Gasteiger partial charge in [-0.3, -0.25) is 0 Å². The van der Waals surface area contributed by atoms with Crippen LogP contribution in [0.5, 0.6) is 0 Å². The molecule has 0 amide bonds. The summed E-state index contributed by atoms with van der Waals surface area (Å²) in [6.07, 6.45) is 0.280. The van der Waals surface area contributed by atoms with Crippen LogP contribution in [0.3, 0.4) is 0 Å². The molecule has 0 aliphatic heterocycles. The van der Waals surface area contributed by atoms with Gasteiger partial charge in [0.1, 0.15) is 16.5 Å². The van der Waals surface area contributed by atoms with Crippen molar-refractivity contribution in [3.8, 4) is 0 Å². The van der Waals surface area contributed by atoms with Crippen molar-refractivity contribution in [2.75, 3.05) is 0 Å². The number of hydrogen-bond donors (Lipinski definition) is 1. The molecule has 0 spiro atoms. The first-order valence-electron chi connectivity index (χ1n) is 6.98. The minimum Gasteiger partial charge on any atom is -0.478 e. The molecule has 24 heavy (non-hydrogen) atoms. The van der Waals surface area contributed by atoms with E-state index in [1.165, 1.54) is 12.1 Å². The molecule has 2 aromatic heterocycles. The van der Waals surface area contributed by atoms with E-state index >= 15 is 0 Å². The zero-order valence-corrected chi connectivity index (χ0v) is 15.0. The number of fused-ring (bicyclic) bond motifs is 1. The van der Waals surface area contributed by atoms with E-state index in [0.29, 0.717) is 27.2 Å². The van der Waals surface area contributed by atoms with Crippen LogP contribution in [0.1, 0.15) is 27.3 Å². The minimum atomic E-state index is -1.10. The summed E-state index contributed by atoms with van der Waals surface area (Å²) in [6.45, 7) is 1.90. The third-order valence-corrected chi connectivity index (χ3v) is 4.81. The number of halogens is 3. The van der Waals surface area contributed by atoms with Crippen molar-refractivity contribution in [3.63, 3.8) is 0 Å². The van der Waals surface area contributed by atoms with Gasteiger partial charge in [0.2, 0.25) is 0 Å². The van der Waals surface area contributed by atoms with Gasteiger partial charge in [0.05, 0.1) is 10.6 Å². The zero-order chi connectivity index (χ0) is 17.6. The lowest BCUT2D eigenvalue weighted by Gasteiger charge is -2.09. The first kappa shape index (κ1) is 17.0. The van der Waals surface area contributed by atoms with Gasteiger partial charge < -0.3 is 9.67 Å². The molecule has 0 saturated carbocycles. The lowest BCUT2D eigenvalue weighted by Crippen LogP contribution is -2.04. The van der Waals surface area contributed by atoms with E-state index in [4.69, 9.17) is 34.8 Å². The second kappa shape index (κ2) is 6.24. The van der Waals surface area contributed by atoms with E-state index < -0.39 is 5.97 Å². The Kier molecular flexibility index (Phi) is 4.42.